The van der Waals surface area contributed by atoms with Gasteiger partial charge in [-0.05, 0) is 24.9 Å². The Balaban J connectivity index is 3.67. The largest absolute Gasteiger partial charge is 0.480 e. The van der Waals surface area contributed by atoms with Crippen molar-refractivity contribution >= 4 is 5.97 Å². The van der Waals surface area contributed by atoms with Crippen LogP contribution in [-0.4, -0.2) is 30.2 Å². The van der Waals surface area contributed by atoms with Crippen LogP contribution in [0.2, 0.25) is 0 Å². The standard InChI is InChI=1S/C11H22N4O2/c1-2-3-4-5-7-10(11(16)17)13-8-6-9-14-15-12/h10,13H,2-9H2,1H3,(H,16,17). The smallest absolute Gasteiger partial charge is 0.320 e. The molecule has 0 aromatic carbocycles. The maximum atomic E-state index is 10.9. The number of hydrogen-bond acceptors (Lipinski definition) is 3. The summed E-state index contributed by atoms with van der Waals surface area (Å²) in [5.74, 6) is -0.801. The number of nitrogens with zero attached hydrogens (tertiary/aromatic N) is 3. The number of unbranched alkanes of at least 4 members (excludes halogenated alkanes) is 3. The summed E-state index contributed by atoms with van der Waals surface area (Å²) in [6, 6.07) is -0.474. The van der Waals surface area contributed by atoms with E-state index in [0.29, 0.717) is 25.9 Å². The monoisotopic (exact) mass is 242 g/mol. The first-order valence-corrected chi connectivity index (χ1v) is 6.19. The number of rotatable bonds is 11. The van der Waals surface area contributed by atoms with Gasteiger partial charge >= 0.3 is 5.97 Å². The molecule has 1 atom stereocenters. The minimum Gasteiger partial charge on any atom is -0.480 e. The lowest BCUT2D eigenvalue weighted by Gasteiger charge is -2.13. The molecule has 6 heteroatoms. The van der Waals surface area contributed by atoms with E-state index in [2.05, 4.69) is 22.3 Å². The third kappa shape index (κ3) is 9.66. The third-order valence-corrected chi connectivity index (χ3v) is 2.53. The number of carboxylic acid groups (broad SMARTS) is 1. The number of azide groups is 1. The van der Waals surface area contributed by atoms with Gasteiger partial charge in [0, 0.05) is 11.5 Å². The van der Waals surface area contributed by atoms with E-state index < -0.39 is 12.0 Å². The Labute approximate surface area is 102 Å². The van der Waals surface area contributed by atoms with E-state index in [1.807, 2.05) is 0 Å². The first-order chi connectivity index (χ1) is 8.22. The van der Waals surface area contributed by atoms with Gasteiger partial charge in [0.1, 0.15) is 6.04 Å². The normalized spacial score (nSPS) is 11.8. The van der Waals surface area contributed by atoms with Crippen LogP contribution < -0.4 is 5.32 Å². The Morgan fingerprint density at radius 3 is 2.76 bits per heavy atom. The van der Waals surface area contributed by atoms with Crippen LogP contribution >= 0.6 is 0 Å². The van der Waals surface area contributed by atoms with Gasteiger partial charge < -0.3 is 10.4 Å². The summed E-state index contributed by atoms with van der Waals surface area (Å²) in [6.07, 6.45) is 5.66. The molecule has 0 rings (SSSR count). The van der Waals surface area contributed by atoms with Crippen molar-refractivity contribution in [3.05, 3.63) is 10.4 Å². The van der Waals surface area contributed by atoms with E-state index in [0.717, 1.165) is 25.7 Å². The molecule has 0 aromatic heterocycles. The lowest BCUT2D eigenvalue weighted by Crippen LogP contribution is -2.37. The minimum absolute atomic E-state index is 0.408. The number of carbonyl (C=O) groups is 1. The van der Waals surface area contributed by atoms with Crippen LogP contribution in [0.5, 0.6) is 0 Å². The Morgan fingerprint density at radius 1 is 1.41 bits per heavy atom. The summed E-state index contributed by atoms with van der Waals surface area (Å²) >= 11 is 0. The molecule has 0 amide bonds. The maximum absolute atomic E-state index is 10.9. The predicted molar refractivity (Wildman–Crippen MR) is 66.8 cm³/mol. The average molecular weight is 242 g/mol. The molecule has 1 unspecified atom stereocenters. The van der Waals surface area contributed by atoms with Crippen LogP contribution in [0.15, 0.2) is 5.11 Å². The summed E-state index contributed by atoms with van der Waals surface area (Å²) in [7, 11) is 0. The van der Waals surface area contributed by atoms with Gasteiger partial charge in [0.2, 0.25) is 0 Å². The first-order valence-electron chi connectivity index (χ1n) is 6.19. The molecule has 0 bridgehead atoms. The van der Waals surface area contributed by atoms with E-state index in [-0.39, 0.29) is 0 Å². The lowest BCUT2D eigenvalue weighted by molar-refractivity contribution is -0.139. The third-order valence-electron chi connectivity index (χ3n) is 2.53. The second-order valence-electron chi connectivity index (χ2n) is 4.00. The van der Waals surface area contributed by atoms with Crippen molar-refractivity contribution in [2.24, 2.45) is 5.11 Å². The Bertz CT molecular complexity index is 252. The highest BCUT2D eigenvalue weighted by molar-refractivity contribution is 5.73. The van der Waals surface area contributed by atoms with Crippen molar-refractivity contribution in [1.82, 2.24) is 5.32 Å². The predicted octanol–water partition coefficient (Wildman–Crippen LogP) is 2.70. The van der Waals surface area contributed by atoms with Crippen molar-refractivity contribution < 1.29 is 9.90 Å². The molecule has 17 heavy (non-hydrogen) atoms. The molecule has 0 spiro atoms. The molecular weight excluding hydrogens is 220 g/mol. The van der Waals surface area contributed by atoms with Crippen molar-refractivity contribution in [3.63, 3.8) is 0 Å². The molecule has 0 saturated heterocycles. The van der Waals surface area contributed by atoms with Crippen LogP contribution in [0.25, 0.3) is 10.4 Å². The van der Waals surface area contributed by atoms with E-state index in [1.165, 1.54) is 0 Å². The SMILES string of the molecule is CCCCCCC(NCCCN=[N+]=[N-])C(=O)O. The van der Waals surface area contributed by atoms with Gasteiger partial charge in [0.15, 0.2) is 0 Å². The zero-order chi connectivity index (χ0) is 12.9. The summed E-state index contributed by atoms with van der Waals surface area (Å²) in [4.78, 5) is 13.6. The molecular formula is C11H22N4O2. The number of aliphatic carboxylic acids is 1. The van der Waals surface area contributed by atoms with Crippen LogP contribution in [0.1, 0.15) is 45.4 Å². The van der Waals surface area contributed by atoms with Crippen molar-refractivity contribution in [3.8, 4) is 0 Å². The van der Waals surface area contributed by atoms with Crippen LogP contribution in [0, 0.1) is 0 Å². The van der Waals surface area contributed by atoms with Gasteiger partial charge in [0.25, 0.3) is 0 Å². The second-order valence-corrected chi connectivity index (χ2v) is 4.00. The van der Waals surface area contributed by atoms with Crippen molar-refractivity contribution in [2.75, 3.05) is 13.1 Å². The summed E-state index contributed by atoms with van der Waals surface area (Å²) < 4.78 is 0. The molecule has 0 heterocycles. The second kappa shape index (κ2) is 11.2. The molecule has 2 N–H and O–H groups in total. The highest BCUT2D eigenvalue weighted by Crippen LogP contribution is 2.05. The minimum atomic E-state index is -0.801. The first kappa shape index (κ1) is 15.7. The van der Waals surface area contributed by atoms with Gasteiger partial charge in [-0.1, -0.05) is 37.7 Å². The number of carboxylic acids is 1. The Kier molecular flexibility index (Phi) is 10.4. The molecule has 0 fully saturated rings. The summed E-state index contributed by atoms with van der Waals surface area (Å²) in [5, 5.41) is 15.4. The Morgan fingerprint density at radius 2 is 2.18 bits per heavy atom. The van der Waals surface area contributed by atoms with E-state index in [4.69, 9.17) is 10.6 Å². The molecule has 6 nitrogen and oxygen atoms in total. The molecule has 0 aliphatic carbocycles. The fourth-order valence-electron chi connectivity index (χ4n) is 1.56. The number of hydrogen-bond donors (Lipinski definition) is 2. The molecule has 98 valence electrons. The molecule has 0 radical (unpaired) electrons. The number of nitrogens with one attached hydrogen (secondary N) is 1. The quantitative estimate of drug-likeness (QED) is 0.252. The fraction of sp³-hybridized carbons (Fsp3) is 0.909. The van der Waals surface area contributed by atoms with Gasteiger partial charge in [-0.2, -0.15) is 0 Å². The zero-order valence-corrected chi connectivity index (χ0v) is 10.4. The highest BCUT2D eigenvalue weighted by atomic mass is 16.4. The highest BCUT2D eigenvalue weighted by Gasteiger charge is 2.15. The fourth-order valence-corrected chi connectivity index (χ4v) is 1.56. The lowest BCUT2D eigenvalue weighted by atomic mass is 10.1. The zero-order valence-electron chi connectivity index (χ0n) is 10.4. The molecule has 0 saturated carbocycles. The van der Waals surface area contributed by atoms with E-state index >= 15 is 0 Å². The Hall–Kier alpha value is -1.26. The van der Waals surface area contributed by atoms with Crippen LogP contribution in [0.3, 0.4) is 0 Å². The molecule has 0 aromatic rings. The molecule has 0 aliphatic rings. The summed E-state index contributed by atoms with van der Waals surface area (Å²) in [5.41, 5.74) is 8.07. The van der Waals surface area contributed by atoms with Crippen molar-refractivity contribution in [1.29, 1.82) is 0 Å². The van der Waals surface area contributed by atoms with Crippen LogP contribution in [-0.2, 0) is 4.79 Å². The summed E-state index contributed by atoms with van der Waals surface area (Å²) in [6.45, 7) is 3.11. The van der Waals surface area contributed by atoms with Gasteiger partial charge in [-0.3, -0.25) is 4.79 Å². The van der Waals surface area contributed by atoms with Crippen LogP contribution in [0.4, 0.5) is 0 Å². The van der Waals surface area contributed by atoms with Gasteiger partial charge in [0.05, 0.1) is 0 Å². The van der Waals surface area contributed by atoms with Gasteiger partial charge in [-0.25, -0.2) is 0 Å². The maximum Gasteiger partial charge on any atom is 0.320 e. The topological polar surface area (TPSA) is 98.1 Å². The molecule has 0 aliphatic heterocycles. The average Bonchev–Trinajstić information content (AvgIpc) is 2.31. The van der Waals surface area contributed by atoms with Crippen molar-refractivity contribution in [2.45, 2.75) is 51.5 Å². The van der Waals surface area contributed by atoms with Gasteiger partial charge in [-0.15, -0.1) is 0 Å². The van der Waals surface area contributed by atoms with E-state index in [9.17, 15) is 4.79 Å². The van der Waals surface area contributed by atoms with E-state index in [1.54, 1.807) is 0 Å².